The van der Waals surface area contributed by atoms with Crippen LogP contribution in [-0.4, -0.2) is 9.97 Å². The Bertz CT molecular complexity index is 984. The number of thiophene rings is 1. The van der Waals surface area contributed by atoms with Crippen molar-refractivity contribution in [2.24, 2.45) is 0 Å². The van der Waals surface area contributed by atoms with Gasteiger partial charge >= 0.3 is 0 Å². The van der Waals surface area contributed by atoms with Crippen molar-refractivity contribution < 1.29 is 0 Å². The predicted molar refractivity (Wildman–Crippen MR) is 83.2 cm³/mol. The van der Waals surface area contributed by atoms with Gasteiger partial charge in [0.2, 0.25) is 0 Å². The second kappa shape index (κ2) is 4.28. The maximum Gasteiger partial charge on any atom is 0.251 e. The van der Waals surface area contributed by atoms with E-state index in [1.807, 2.05) is 12.1 Å². The van der Waals surface area contributed by atoms with E-state index in [9.17, 15) is 4.79 Å². The highest BCUT2D eigenvalue weighted by Gasteiger charge is 2.07. The maximum atomic E-state index is 11.4. The quantitative estimate of drug-likeness (QED) is 0.575. The summed E-state index contributed by atoms with van der Waals surface area (Å²) < 4.78 is 2.53. The second-order valence-electron chi connectivity index (χ2n) is 4.61. The Kier molecular flexibility index (Phi) is 2.44. The fourth-order valence-electron chi connectivity index (χ4n) is 2.41. The summed E-state index contributed by atoms with van der Waals surface area (Å²) in [6.07, 6.45) is 1.44. The molecular formula is C16H10N2OS. The molecule has 0 atom stereocenters. The Labute approximate surface area is 118 Å². The topological polar surface area (TPSA) is 45.8 Å². The van der Waals surface area contributed by atoms with Gasteiger partial charge in [0.1, 0.15) is 0 Å². The fraction of sp³-hybridized carbons (Fsp3) is 0. The van der Waals surface area contributed by atoms with Gasteiger partial charge in [-0.2, -0.15) is 0 Å². The molecule has 0 aliphatic rings. The van der Waals surface area contributed by atoms with Gasteiger partial charge < -0.3 is 4.98 Å². The van der Waals surface area contributed by atoms with Crippen LogP contribution in [0.2, 0.25) is 0 Å². The molecule has 4 aromatic rings. The van der Waals surface area contributed by atoms with E-state index >= 15 is 0 Å². The lowest BCUT2D eigenvalue weighted by molar-refractivity contribution is 1.12. The van der Waals surface area contributed by atoms with E-state index < -0.39 is 0 Å². The van der Waals surface area contributed by atoms with Crippen LogP contribution in [0.5, 0.6) is 0 Å². The van der Waals surface area contributed by atoms with E-state index in [-0.39, 0.29) is 5.56 Å². The molecule has 0 radical (unpaired) electrons. The fourth-order valence-corrected chi connectivity index (χ4v) is 3.50. The molecule has 4 heteroatoms. The van der Waals surface area contributed by atoms with Crippen molar-refractivity contribution >= 4 is 31.5 Å². The van der Waals surface area contributed by atoms with E-state index in [4.69, 9.17) is 0 Å². The lowest BCUT2D eigenvalue weighted by Gasteiger charge is -2.00. The van der Waals surface area contributed by atoms with Crippen LogP contribution in [0.3, 0.4) is 0 Å². The lowest BCUT2D eigenvalue weighted by atomic mass is 10.1. The van der Waals surface area contributed by atoms with Gasteiger partial charge in [-0.05, 0) is 18.2 Å². The van der Waals surface area contributed by atoms with Crippen molar-refractivity contribution in [2.45, 2.75) is 0 Å². The molecule has 0 saturated heterocycles. The Hall–Kier alpha value is -2.46. The zero-order valence-corrected chi connectivity index (χ0v) is 11.3. The van der Waals surface area contributed by atoms with E-state index in [1.165, 1.54) is 32.6 Å². The summed E-state index contributed by atoms with van der Waals surface area (Å²) in [6.45, 7) is 0. The highest BCUT2D eigenvalue weighted by atomic mass is 32.1. The number of benzene rings is 2. The molecule has 2 aromatic carbocycles. The average Bonchev–Trinajstić information content (AvgIpc) is 2.85. The van der Waals surface area contributed by atoms with Gasteiger partial charge in [0.25, 0.3) is 5.56 Å². The molecule has 0 unspecified atom stereocenters. The summed E-state index contributed by atoms with van der Waals surface area (Å²) in [5.41, 5.74) is 1.53. The van der Waals surface area contributed by atoms with Crippen molar-refractivity contribution in [2.75, 3.05) is 0 Å². The highest BCUT2D eigenvalue weighted by Crippen LogP contribution is 2.35. The summed E-state index contributed by atoms with van der Waals surface area (Å²) in [6, 6.07) is 16.1. The Balaban J connectivity index is 2.02. The largest absolute Gasteiger partial charge is 0.313 e. The molecule has 0 aliphatic heterocycles. The summed E-state index contributed by atoms with van der Waals surface area (Å²) in [4.78, 5) is 18.2. The van der Waals surface area contributed by atoms with Crippen molar-refractivity contribution in [3.63, 3.8) is 0 Å². The van der Waals surface area contributed by atoms with Crippen LogP contribution in [0.25, 0.3) is 31.4 Å². The Morgan fingerprint density at radius 2 is 1.80 bits per heavy atom. The van der Waals surface area contributed by atoms with Gasteiger partial charge in [-0.15, -0.1) is 11.3 Å². The van der Waals surface area contributed by atoms with Crippen molar-refractivity contribution in [1.29, 1.82) is 0 Å². The third-order valence-corrected chi connectivity index (χ3v) is 4.50. The normalized spacial score (nSPS) is 11.2. The predicted octanol–water partition coefficient (Wildman–Crippen LogP) is 3.80. The number of nitrogens with one attached hydrogen (secondary N) is 1. The summed E-state index contributed by atoms with van der Waals surface area (Å²) >= 11 is 1.78. The van der Waals surface area contributed by atoms with E-state index in [1.54, 1.807) is 11.3 Å². The molecule has 1 N–H and O–H groups in total. The van der Waals surface area contributed by atoms with E-state index in [2.05, 4.69) is 40.3 Å². The van der Waals surface area contributed by atoms with Crippen molar-refractivity contribution in [3.05, 3.63) is 65.2 Å². The summed E-state index contributed by atoms with van der Waals surface area (Å²) in [5.74, 6) is 0. The molecule has 20 heavy (non-hydrogen) atoms. The average molecular weight is 278 g/mol. The number of nitrogens with zero attached hydrogens (tertiary/aromatic N) is 1. The minimum absolute atomic E-state index is 0.134. The standard InChI is InChI=1S/C16H10N2OS/c19-16-8-13(17-9-18-16)10-5-6-15-12(7-10)11-3-1-2-4-14(11)20-15/h1-9H,(H,17,18,19). The van der Waals surface area contributed by atoms with Gasteiger partial charge in [-0.25, -0.2) is 4.98 Å². The molecular weight excluding hydrogens is 268 g/mol. The number of hydrogen-bond donors (Lipinski definition) is 1. The third kappa shape index (κ3) is 1.73. The van der Waals surface area contributed by atoms with Gasteiger partial charge in [0.05, 0.1) is 12.0 Å². The third-order valence-electron chi connectivity index (χ3n) is 3.35. The first-order valence-electron chi connectivity index (χ1n) is 6.28. The summed E-state index contributed by atoms with van der Waals surface area (Å²) in [5, 5.41) is 2.46. The number of aromatic nitrogens is 2. The van der Waals surface area contributed by atoms with Crippen LogP contribution in [0.1, 0.15) is 0 Å². The smallest absolute Gasteiger partial charge is 0.251 e. The van der Waals surface area contributed by atoms with E-state index in [0.717, 1.165) is 5.56 Å². The molecule has 4 rings (SSSR count). The van der Waals surface area contributed by atoms with Crippen LogP contribution in [-0.2, 0) is 0 Å². The number of hydrogen-bond acceptors (Lipinski definition) is 3. The molecule has 0 saturated carbocycles. The lowest BCUT2D eigenvalue weighted by Crippen LogP contribution is -2.04. The zero-order chi connectivity index (χ0) is 13.5. The summed E-state index contributed by atoms with van der Waals surface area (Å²) in [7, 11) is 0. The number of fused-ring (bicyclic) bond motifs is 3. The number of H-pyrrole nitrogens is 1. The first-order chi connectivity index (χ1) is 9.81. The van der Waals surface area contributed by atoms with Crippen molar-refractivity contribution in [3.8, 4) is 11.3 Å². The van der Waals surface area contributed by atoms with Crippen molar-refractivity contribution in [1.82, 2.24) is 9.97 Å². The molecule has 0 amide bonds. The van der Waals surface area contributed by atoms with Crippen LogP contribution < -0.4 is 5.56 Å². The number of aromatic amines is 1. The SMILES string of the molecule is O=c1cc(-c2ccc3sc4ccccc4c3c2)nc[nH]1. The van der Waals surface area contributed by atoms with Gasteiger partial charge in [0, 0.05) is 31.8 Å². The maximum absolute atomic E-state index is 11.4. The van der Waals surface area contributed by atoms with Gasteiger partial charge in [-0.3, -0.25) is 4.79 Å². The van der Waals surface area contributed by atoms with Gasteiger partial charge in [-0.1, -0.05) is 24.3 Å². The second-order valence-corrected chi connectivity index (χ2v) is 5.69. The molecule has 0 spiro atoms. The Morgan fingerprint density at radius 1 is 0.950 bits per heavy atom. The molecule has 0 fully saturated rings. The monoisotopic (exact) mass is 278 g/mol. The van der Waals surface area contributed by atoms with Crippen LogP contribution >= 0.6 is 11.3 Å². The molecule has 0 aliphatic carbocycles. The first-order valence-corrected chi connectivity index (χ1v) is 7.09. The Morgan fingerprint density at radius 3 is 2.70 bits per heavy atom. The highest BCUT2D eigenvalue weighted by molar-refractivity contribution is 7.25. The van der Waals surface area contributed by atoms with Crippen LogP contribution in [0.4, 0.5) is 0 Å². The minimum Gasteiger partial charge on any atom is -0.313 e. The molecule has 2 aromatic heterocycles. The first kappa shape index (κ1) is 11.4. The molecule has 96 valence electrons. The van der Waals surface area contributed by atoms with Gasteiger partial charge in [0.15, 0.2) is 0 Å². The zero-order valence-electron chi connectivity index (χ0n) is 10.5. The van der Waals surface area contributed by atoms with Crippen LogP contribution in [0.15, 0.2) is 59.7 Å². The van der Waals surface area contributed by atoms with Crippen LogP contribution in [0, 0.1) is 0 Å². The molecule has 2 heterocycles. The number of rotatable bonds is 1. The molecule has 3 nitrogen and oxygen atoms in total. The molecule has 0 bridgehead atoms. The minimum atomic E-state index is -0.134. The van der Waals surface area contributed by atoms with E-state index in [0.29, 0.717) is 5.69 Å².